The van der Waals surface area contributed by atoms with Gasteiger partial charge in [0.2, 0.25) is 0 Å². The van der Waals surface area contributed by atoms with Gasteiger partial charge >= 0.3 is 0 Å². The predicted molar refractivity (Wildman–Crippen MR) is 71.3 cm³/mol. The summed E-state index contributed by atoms with van der Waals surface area (Å²) in [5.41, 5.74) is 0.824. The second-order valence-corrected chi connectivity index (χ2v) is 6.96. The van der Waals surface area contributed by atoms with Crippen LogP contribution in [0.5, 0.6) is 0 Å². The van der Waals surface area contributed by atoms with Gasteiger partial charge in [0.25, 0.3) is 0 Å². The monoisotopic (exact) mass is 222 g/mol. The summed E-state index contributed by atoms with van der Waals surface area (Å²) in [6, 6.07) is 0. The first-order chi connectivity index (χ1) is 7.49. The molecular weight excluding hydrogens is 192 g/mol. The molecule has 16 heavy (non-hydrogen) atoms. The average molecular weight is 222 g/mol. The molecule has 0 aromatic rings. The van der Waals surface area contributed by atoms with Crippen molar-refractivity contribution in [3.05, 3.63) is 0 Å². The Morgan fingerprint density at radius 3 is 2.12 bits per heavy atom. The molecule has 0 aromatic heterocycles. The van der Waals surface area contributed by atoms with Gasteiger partial charge in [0, 0.05) is 0 Å². The predicted octanol–water partition coefficient (Wildman–Crippen LogP) is 4.99. The average Bonchev–Trinajstić information content (AvgIpc) is 2.75. The van der Waals surface area contributed by atoms with E-state index in [1.54, 1.807) is 6.42 Å². The molecule has 2 rings (SSSR count). The Morgan fingerprint density at radius 2 is 1.75 bits per heavy atom. The number of fused-ring (bicyclic) bond motifs is 1. The molecule has 6 atom stereocenters. The minimum absolute atomic E-state index is 0.824. The SMILES string of the molecule is CCC1C2C(C(C)C(C)C(C)C)CC12CC. The molecular formula is C16H30. The third kappa shape index (κ3) is 1.48. The highest BCUT2D eigenvalue weighted by Crippen LogP contribution is 2.79. The Morgan fingerprint density at radius 1 is 1.12 bits per heavy atom. The second-order valence-electron chi connectivity index (χ2n) is 6.96. The van der Waals surface area contributed by atoms with Crippen molar-refractivity contribution < 1.29 is 0 Å². The first-order valence-electron chi connectivity index (χ1n) is 7.49. The topological polar surface area (TPSA) is 0 Å². The van der Waals surface area contributed by atoms with Gasteiger partial charge in [-0.25, -0.2) is 0 Å². The summed E-state index contributed by atoms with van der Waals surface area (Å²) < 4.78 is 0. The van der Waals surface area contributed by atoms with Gasteiger partial charge < -0.3 is 0 Å². The first-order valence-corrected chi connectivity index (χ1v) is 7.49. The zero-order chi connectivity index (χ0) is 12.1. The summed E-state index contributed by atoms with van der Waals surface area (Å²) in [6.07, 6.45) is 4.41. The molecule has 2 fully saturated rings. The molecule has 0 bridgehead atoms. The van der Waals surface area contributed by atoms with Crippen molar-refractivity contribution >= 4 is 0 Å². The molecule has 0 saturated heterocycles. The smallest absolute Gasteiger partial charge is 0.0232 e. The molecule has 0 heterocycles. The summed E-state index contributed by atoms with van der Waals surface area (Å²) in [5, 5.41) is 0. The van der Waals surface area contributed by atoms with Gasteiger partial charge in [0.15, 0.2) is 0 Å². The van der Waals surface area contributed by atoms with Crippen molar-refractivity contribution in [2.45, 2.75) is 60.8 Å². The lowest BCUT2D eigenvalue weighted by Crippen LogP contribution is -2.34. The van der Waals surface area contributed by atoms with Crippen LogP contribution in [0.4, 0.5) is 0 Å². The third-order valence-electron chi connectivity index (χ3n) is 6.46. The Labute approximate surface area is 102 Å². The minimum atomic E-state index is 0.824. The maximum atomic E-state index is 2.51. The fraction of sp³-hybridized carbons (Fsp3) is 1.00. The highest BCUT2D eigenvalue weighted by atomic mass is 14.8. The van der Waals surface area contributed by atoms with E-state index < -0.39 is 0 Å². The molecule has 2 aliphatic rings. The molecule has 2 aliphatic carbocycles. The summed E-state index contributed by atoms with van der Waals surface area (Å²) >= 11 is 0. The van der Waals surface area contributed by atoms with Crippen molar-refractivity contribution in [1.82, 2.24) is 0 Å². The zero-order valence-electron chi connectivity index (χ0n) is 12.1. The fourth-order valence-corrected chi connectivity index (χ4v) is 4.84. The Balaban J connectivity index is 1.96. The molecule has 6 unspecified atom stereocenters. The van der Waals surface area contributed by atoms with E-state index in [9.17, 15) is 0 Å². The fourth-order valence-electron chi connectivity index (χ4n) is 4.84. The summed E-state index contributed by atoms with van der Waals surface area (Å²) in [6.45, 7) is 14.6. The van der Waals surface area contributed by atoms with Gasteiger partial charge in [0.05, 0.1) is 0 Å². The zero-order valence-corrected chi connectivity index (χ0v) is 12.1. The summed E-state index contributed by atoms with van der Waals surface area (Å²) in [4.78, 5) is 0. The van der Waals surface area contributed by atoms with Crippen LogP contribution in [0, 0.1) is 40.9 Å². The van der Waals surface area contributed by atoms with Crippen LogP contribution in [0.25, 0.3) is 0 Å². The summed E-state index contributed by atoms with van der Waals surface area (Å²) in [5.74, 6) is 5.95. The normalized spacial score (nSPS) is 44.8. The van der Waals surface area contributed by atoms with Gasteiger partial charge in [-0.05, 0) is 53.8 Å². The maximum Gasteiger partial charge on any atom is -0.0232 e. The molecule has 0 aliphatic heterocycles. The van der Waals surface area contributed by atoms with Crippen LogP contribution in [0.3, 0.4) is 0 Å². The van der Waals surface area contributed by atoms with Crippen molar-refractivity contribution in [1.29, 1.82) is 0 Å². The minimum Gasteiger partial charge on any atom is -0.0651 e. The van der Waals surface area contributed by atoms with Crippen molar-refractivity contribution in [3.63, 3.8) is 0 Å². The van der Waals surface area contributed by atoms with Crippen LogP contribution in [0.2, 0.25) is 0 Å². The Bertz CT molecular complexity index is 251. The van der Waals surface area contributed by atoms with Crippen molar-refractivity contribution in [2.75, 3.05) is 0 Å². The third-order valence-corrected chi connectivity index (χ3v) is 6.46. The lowest BCUT2D eigenvalue weighted by Gasteiger charge is -2.41. The van der Waals surface area contributed by atoms with E-state index in [4.69, 9.17) is 0 Å². The van der Waals surface area contributed by atoms with E-state index in [2.05, 4.69) is 41.5 Å². The van der Waals surface area contributed by atoms with Crippen LogP contribution in [-0.2, 0) is 0 Å². The van der Waals surface area contributed by atoms with Crippen LogP contribution in [0.15, 0.2) is 0 Å². The molecule has 2 saturated carbocycles. The van der Waals surface area contributed by atoms with Gasteiger partial charge in [-0.3, -0.25) is 0 Å². The van der Waals surface area contributed by atoms with Crippen molar-refractivity contribution in [3.8, 4) is 0 Å². The lowest BCUT2D eigenvalue weighted by molar-refractivity contribution is 0.0736. The number of hydrogen-bond donors (Lipinski definition) is 0. The quantitative estimate of drug-likeness (QED) is 0.615. The maximum absolute atomic E-state index is 2.51. The molecule has 0 aromatic carbocycles. The molecule has 0 amide bonds. The molecule has 94 valence electrons. The molecule has 0 radical (unpaired) electrons. The Hall–Kier alpha value is 0. The van der Waals surface area contributed by atoms with Gasteiger partial charge in [0.1, 0.15) is 0 Å². The van der Waals surface area contributed by atoms with E-state index >= 15 is 0 Å². The molecule has 0 spiro atoms. The Kier molecular flexibility index (Phi) is 3.14. The van der Waals surface area contributed by atoms with E-state index in [1.807, 2.05) is 0 Å². The highest BCUT2D eigenvalue weighted by molar-refractivity contribution is 5.21. The van der Waals surface area contributed by atoms with E-state index in [-0.39, 0.29) is 0 Å². The van der Waals surface area contributed by atoms with Crippen LogP contribution in [-0.4, -0.2) is 0 Å². The summed E-state index contributed by atoms with van der Waals surface area (Å²) in [7, 11) is 0. The van der Waals surface area contributed by atoms with E-state index in [0.717, 1.165) is 40.9 Å². The van der Waals surface area contributed by atoms with Gasteiger partial charge in [-0.1, -0.05) is 48.0 Å². The van der Waals surface area contributed by atoms with E-state index in [1.165, 1.54) is 12.8 Å². The molecule has 0 heteroatoms. The molecule has 0 nitrogen and oxygen atoms in total. The standard InChI is InChI=1S/C16H30/c1-7-14-15-13(9-16(14,15)8-2)12(6)11(5)10(3)4/h10-15H,7-9H2,1-6H3. The second kappa shape index (κ2) is 4.03. The number of hydrogen-bond acceptors (Lipinski definition) is 0. The first kappa shape index (κ1) is 12.5. The van der Waals surface area contributed by atoms with Crippen LogP contribution in [0.1, 0.15) is 60.8 Å². The van der Waals surface area contributed by atoms with Gasteiger partial charge in [-0.2, -0.15) is 0 Å². The largest absolute Gasteiger partial charge is 0.0651 e. The van der Waals surface area contributed by atoms with Crippen LogP contribution < -0.4 is 0 Å². The van der Waals surface area contributed by atoms with E-state index in [0.29, 0.717) is 0 Å². The van der Waals surface area contributed by atoms with Gasteiger partial charge in [-0.15, -0.1) is 0 Å². The molecule has 0 N–H and O–H groups in total. The van der Waals surface area contributed by atoms with Crippen molar-refractivity contribution in [2.24, 2.45) is 40.9 Å². The lowest BCUT2D eigenvalue weighted by atomic mass is 9.64. The highest BCUT2D eigenvalue weighted by Gasteiger charge is 2.73. The number of rotatable bonds is 5. The van der Waals surface area contributed by atoms with Crippen LogP contribution >= 0.6 is 0 Å².